The van der Waals surface area contributed by atoms with Gasteiger partial charge in [0.1, 0.15) is 0 Å². The van der Waals surface area contributed by atoms with Gasteiger partial charge in [-0.2, -0.15) is 0 Å². The molecule has 0 aromatic heterocycles. The summed E-state index contributed by atoms with van der Waals surface area (Å²) in [4.78, 5) is 0. The zero-order chi connectivity index (χ0) is 8.55. The second-order valence-electron chi connectivity index (χ2n) is 3.34. The largest absolute Gasteiger partial charge is 0.505 e. The molecular weight excluding hydrogens is 155 g/mol. The van der Waals surface area contributed by atoms with E-state index in [4.69, 9.17) is 5.11 Å². The maximum absolute atomic E-state index is 12.8. The maximum atomic E-state index is 12.8. The lowest BCUT2D eigenvalue weighted by Crippen LogP contribution is -2.08. The lowest BCUT2D eigenvalue weighted by Gasteiger charge is -2.25. The Bertz CT molecular complexity index is 292. The summed E-state index contributed by atoms with van der Waals surface area (Å²) >= 11 is 0. The molecule has 0 amide bonds. The molecule has 2 heteroatoms. The van der Waals surface area contributed by atoms with Crippen molar-refractivity contribution in [1.29, 1.82) is 0 Å². The Kier molecular flexibility index (Phi) is 1.75. The second-order valence-corrected chi connectivity index (χ2v) is 3.34. The van der Waals surface area contributed by atoms with E-state index >= 15 is 0 Å². The number of phenolic OH excluding ortho intramolecular Hbond substituents is 1. The van der Waals surface area contributed by atoms with Gasteiger partial charge in [0.05, 0.1) is 0 Å². The Labute approximate surface area is 70.8 Å². The van der Waals surface area contributed by atoms with Crippen molar-refractivity contribution < 1.29 is 9.50 Å². The minimum absolute atomic E-state index is 0.252. The predicted octanol–water partition coefficient (Wildman–Crippen LogP) is 2.80. The Hall–Kier alpha value is -1.05. The molecule has 1 aromatic carbocycles. The first kappa shape index (κ1) is 7.59. The summed E-state index contributed by atoms with van der Waals surface area (Å²) in [5, 5.41) is 8.94. The van der Waals surface area contributed by atoms with Gasteiger partial charge in [-0.1, -0.05) is 12.5 Å². The van der Waals surface area contributed by atoms with Gasteiger partial charge in [-0.15, -0.1) is 0 Å². The van der Waals surface area contributed by atoms with Crippen molar-refractivity contribution in [2.24, 2.45) is 0 Å². The highest BCUT2D eigenvalue weighted by Gasteiger charge is 2.20. The van der Waals surface area contributed by atoms with Crippen molar-refractivity contribution >= 4 is 0 Å². The van der Waals surface area contributed by atoms with Gasteiger partial charge in [0.2, 0.25) is 0 Å². The molecule has 2 rings (SSSR count). The van der Waals surface area contributed by atoms with Crippen molar-refractivity contribution in [3.8, 4) is 5.75 Å². The summed E-state index contributed by atoms with van der Waals surface area (Å²) < 4.78 is 12.8. The SMILES string of the molecule is Oc1ccc(C2CCC2)cc1F. The van der Waals surface area contributed by atoms with Gasteiger partial charge in [0, 0.05) is 0 Å². The van der Waals surface area contributed by atoms with Gasteiger partial charge in [0.15, 0.2) is 11.6 Å². The summed E-state index contributed by atoms with van der Waals surface area (Å²) in [6, 6.07) is 4.68. The third-order valence-electron chi connectivity index (χ3n) is 2.55. The number of halogens is 1. The van der Waals surface area contributed by atoms with Crippen LogP contribution < -0.4 is 0 Å². The van der Waals surface area contributed by atoms with Crippen molar-refractivity contribution in [2.75, 3.05) is 0 Å². The van der Waals surface area contributed by atoms with Gasteiger partial charge in [-0.25, -0.2) is 4.39 Å². The molecule has 1 aliphatic carbocycles. The van der Waals surface area contributed by atoms with E-state index in [1.165, 1.54) is 18.6 Å². The van der Waals surface area contributed by atoms with Gasteiger partial charge in [-0.05, 0) is 36.5 Å². The summed E-state index contributed by atoms with van der Waals surface area (Å²) in [7, 11) is 0. The summed E-state index contributed by atoms with van der Waals surface area (Å²) in [5.41, 5.74) is 1.02. The molecular formula is C10H11FO. The van der Waals surface area contributed by atoms with Crippen molar-refractivity contribution in [3.05, 3.63) is 29.6 Å². The van der Waals surface area contributed by atoms with Crippen LogP contribution in [0.25, 0.3) is 0 Å². The molecule has 12 heavy (non-hydrogen) atoms. The number of aromatic hydroxyl groups is 1. The quantitative estimate of drug-likeness (QED) is 0.680. The molecule has 1 N–H and O–H groups in total. The average Bonchev–Trinajstić information content (AvgIpc) is 1.93. The molecule has 1 saturated carbocycles. The van der Waals surface area contributed by atoms with Gasteiger partial charge in [-0.3, -0.25) is 0 Å². The van der Waals surface area contributed by atoms with Crippen LogP contribution in [0.15, 0.2) is 18.2 Å². The molecule has 0 atom stereocenters. The lowest BCUT2D eigenvalue weighted by molar-refractivity contribution is 0.409. The monoisotopic (exact) mass is 166 g/mol. The summed E-state index contributed by atoms with van der Waals surface area (Å²) in [5.74, 6) is -0.224. The van der Waals surface area contributed by atoms with E-state index < -0.39 is 5.82 Å². The highest BCUT2D eigenvalue weighted by molar-refractivity contribution is 5.30. The summed E-state index contributed by atoms with van der Waals surface area (Å²) in [6.45, 7) is 0. The van der Waals surface area contributed by atoms with Crippen LogP contribution in [0.4, 0.5) is 4.39 Å². The predicted molar refractivity (Wildman–Crippen MR) is 44.7 cm³/mol. The average molecular weight is 166 g/mol. The molecule has 1 fully saturated rings. The minimum Gasteiger partial charge on any atom is -0.505 e. The number of phenols is 1. The fourth-order valence-electron chi connectivity index (χ4n) is 1.52. The maximum Gasteiger partial charge on any atom is 0.165 e. The van der Waals surface area contributed by atoms with Gasteiger partial charge in [0.25, 0.3) is 0 Å². The van der Waals surface area contributed by atoms with Crippen LogP contribution in [0.5, 0.6) is 5.75 Å². The molecule has 1 nitrogen and oxygen atoms in total. The molecule has 0 saturated heterocycles. The minimum atomic E-state index is -0.501. The van der Waals surface area contributed by atoms with Crippen LogP contribution in [-0.4, -0.2) is 5.11 Å². The Balaban J connectivity index is 2.27. The molecule has 1 aromatic rings. The smallest absolute Gasteiger partial charge is 0.165 e. The lowest BCUT2D eigenvalue weighted by atomic mass is 9.80. The third kappa shape index (κ3) is 1.17. The van der Waals surface area contributed by atoms with Crippen LogP contribution in [-0.2, 0) is 0 Å². The summed E-state index contributed by atoms with van der Waals surface area (Å²) in [6.07, 6.45) is 3.56. The van der Waals surface area contributed by atoms with Gasteiger partial charge < -0.3 is 5.11 Å². The first-order valence-corrected chi connectivity index (χ1v) is 4.26. The standard InChI is InChI=1S/C10H11FO/c11-9-6-8(4-5-10(9)12)7-2-1-3-7/h4-7,12H,1-3H2. The third-order valence-corrected chi connectivity index (χ3v) is 2.55. The van der Waals surface area contributed by atoms with Gasteiger partial charge >= 0.3 is 0 Å². The highest BCUT2D eigenvalue weighted by Crippen LogP contribution is 2.37. The first-order chi connectivity index (χ1) is 5.77. The van der Waals surface area contributed by atoms with Crippen LogP contribution in [0, 0.1) is 5.82 Å². The first-order valence-electron chi connectivity index (χ1n) is 4.26. The van der Waals surface area contributed by atoms with Crippen LogP contribution in [0.2, 0.25) is 0 Å². The number of rotatable bonds is 1. The van der Waals surface area contributed by atoms with Crippen LogP contribution >= 0.6 is 0 Å². The number of hydrogen-bond acceptors (Lipinski definition) is 1. The fourth-order valence-corrected chi connectivity index (χ4v) is 1.52. The molecule has 0 heterocycles. The molecule has 0 unspecified atom stereocenters. The van der Waals surface area contributed by atoms with Crippen molar-refractivity contribution in [3.63, 3.8) is 0 Å². The Morgan fingerprint density at radius 2 is 2.08 bits per heavy atom. The highest BCUT2D eigenvalue weighted by atomic mass is 19.1. The Morgan fingerprint density at radius 1 is 1.33 bits per heavy atom. The van der Waals surface area contributed by atoms with E-state index in [1.54, 1.807) is 0 Å². The molecule has 0 bridgehead atoms. The molecule has 0 aliphatic heterocycles. The normalized spacial score (nSPS) is 17.4. The second kappa shape index (κ2) is 2.77. The van der Waals surface area contributed by atoms with Crippen LogP contribution in [0.1, 0.15) is 30.7 Å². The van der Waals surface area contributed by atoms with Crippen LogP contribution in [0.3, 0.4) is 0 Å². The van der Waals surface area contributed by atoms with Crippen molar-refractivity contribution in [2.45, 2.75) is 25.2 Å². The molecule has 0 radical (unpaired) electrons. The zero-order valence-corrected chi connectivity index (χ0v) is 6.76. The van der Waals surface area contributed by atoms with E-state index in [1.807, 2.05) is 6.07 Å². The van der Waals surface area contributed by atoms with E-state index in [0.29, 0.717) is 5.92 Å². The number of hydrogen-bond donors (Lipinski definition) is 1. The van der Waals surface area contributed by atoms with E-state index in [-0.39, 0.29) is 5.75 Å². The fraction of sp³-hybridized carbons (Fsp3) is 0.400. The van der Waals surface area contributed by atoms with E-state index in [2.05, 4.69) is 0 Å². The molecule has 1 aliphatic rings. The van der Waals surface area contributed by atoms with Crippen molar-refractivity contribution in [1.82, 2.24) is 0 Å². The van der Waals surface area contributed by atoms with E-state index in [0.717, 1.165) is 18.4 Å². The number of benzene rings is 1. The topological polar surface area (TPSA) is 20.2 Å². The molecule has 0 spiro atoms. The van der Waals surface area contributed by atoms with E-state index in [9.17, 15) is 4.39 Å². The Morgan fingerprint density at radius 3 is 2.58 bits per heavy atom. The zero-order valence-electron chi connectivity index (χ0n) is 6.76. The molecule has 64 valence electrons.